The molecule has 2 aliphatic rings. The predicted octanol–water partition coefficient (Wildman–Crippen LogP) is 4.31. The number of amidine groups is 1. The molecule has 0 saturated carbocycles. The van der Waals surface area contributed by atoms with Crippen LogP contribution < -0.4 is 10.2 Å². The predicted molar refractivity (Wildman–Crippen MR) is 119 cm³/mol. The van der Waals surface area contributed by atoms with Gasteiger partial charge in [-0.05, 0) is 48.9 Å². The van der Waals surface area contributed by atoms with E-state index >= 15 is 0 Å². The van der Waals surface area contributed by atoms with Crippen LogP contribution in [0.25, 0.3) is 5.82 Å². The molecule has 0 spiro atoms. The second-order valence-electron chi connectivity index (χ2n) is 7.65. The number of carbonyl (C=O) groups excluding carboxylic acids is 1. The molecule has 32 heavy (non-hydrogen) atoms. The summed E-state index contributed by atoms with van der Waals surface area (Å²) in [5, 5.41) is 7.63. The summed E-state index contributed by atoms with van der Waals surface area (Å²) in [6.45, 7) is 1.91. The molecule has 1 amide bonds. The summed E-state index contributed by atoms with van der Waals surface area (Å²) in [5.74, 6) is 0.757. The molecule has 156 valence electrons. The van der Waals surface area contributed by atoms with Crippen molar-refractivity contribution in [2.24, 2.45) is 4.99 Å². The second-order valence-corrected chi connectivity index (χ2v) is 7.65. The van der Waals surface area contributed by atoms with Crippen LogP contribution in [0.15, 0.2) is 77.9 Å². The van der Waals surface area contributed by atoms with Crippen LogP contribution in [-0.2, 0) is 4.79 Å². The zero-order valence-electron chi connectivity index (χ0n) is 17.0. The molecule has 4 heterocycles. The van der Waals surface area contributed by atoms with Crippen molar-refractivity contribution < 1.29 is 9.18 Å². The van der Waals surface area contributed by atoms with Crippen LogP contribution >= 0.6 is 0 Å². The molecular formula is C24H17FN6O. The number of benzene rings is 2. The van der Waals surface area contributed by atoms with E-state index in [2.05, 4.69) is 10.3 Å². The van der Waals surface area contributed by atoms with E-state index < -0.39 is 6.04 Å². The van der Waals surface area contributed by atoms with Crippen LogP contribution in [0.2, 0.25) is 0 Å². The van der Waals surface area contributed by atoms with E-state index in [0.717, 1.165) is 22.5 Å². The van der Waals surface area contributed by atoms with E-state index in [9.17, 15) is 9.18 Å². The molecule has 0 fully saturated rings. The summed E-state index contributed by atoms with van der Waals surface area (Å²) in [5.41, 5.74) is 3.94. The third kappa shape index (κ3) is 2.66. The van der Waals surface area contributed by atoms with Gasteiger partial charge in [-0.2, -0.15) is 9.78 Å². The average molecular weight is 424 g/mol. The monoisotopic (exact) mass is 424 g/mol. The number of aromatic nitrogens is 3. The van der Waals surface area contributed by atoms with E-state index in [4.69, 9.17) is 10.1 Å². The molecule has 4 aromatic rings. The highest BCUT2D eigenvalue weighted by Crippen LogP contribution is 2.47. The minimum Gasteiger partial charge on any atom is -0.317 e. The van der Waals surface area contributed by atoms with E-state index in [0.29, 0.717) is 17.3 Å². The van der Waals surface area contributed by atoms with Gasteiger partial charge in [-0.15, -0.1) is 0 Å². The maximum absolute atomic E-state index is 13.8. The number of aliphatic imine (C=N–C) groups is 1. The third-order valence-electron chi connectivity index (χ3n) is 5.72. The summed E-state index contributed by atoms with van der Waals surface area (Å²) >= 11 is 0. The first-order chi connectivity index (χ1) is 15.6. The van der Waals surface area contributed by atoms with Gasteiger partial charge in [0.05, 0.1) is 23.1 Å². The van der Waals surface area contributed by atoms with Crippen LogP contribution in [0.1, 0.15) is 22.9 Å². The minimum absolute atomic E-state index is 0.252. The molecule has 0 unspecified atom stereocenters. The van der Waals surface area contributed by atoms with Crippen molar-refractivity contribution in [3.63, 3.8) is 0 Å². The molecule has 0 radical (unpaired) electrons. The molecule has 0 bridgehead atoms. The molecule has 2 aromatic heterocycles. The fourth-order valence-electron chi connectivity index (χ4n) is 4.34. The fraction of sp³-hybridized carbons (Fsp3) is 0.0833. The van der Waals surface area contributed by atoms with E-state index in [1.54, 1.807) is 23.0 Å². The number of carbonyl (C=O) groups is 1. The highest BCUT2D eigenvalue weighted by atomic mass is 19.1. The largest absolute Gasteiger partial charge is 0.317 e. The number of amides is 1. The third-order valence-corrected chi connectivity index (χ3v) is 5.72. The van der Waals surface area contributed by atoms with Crippen LogP contribution in [-0.4, -0.2) is 26.5 Å². The summed E-state index contributed by atoms with van der Waals surface area (Å²) in [6, 6.07) is 19.0. The van der Waals surface area contributed by atoms with Crippen LogP contribution in [0.5, 0.6) is 0 Å². The molecule has 2 aromatic carbocycles. The Balaban J connectivity index is 1.66. The van der Waals surface area contributed by atoms with Crippen molar-refractivity contribution in [1.82, 2.24) is 14.8 Å². The number of para-hydroxylation sites is 2. The molecular weight excluding hydrogens is 407 g/mol. The quantitative estimate of drug-likeness (QED) is 0.520. The van der Waals surface area contributed by atoms with Gasteiger partial charge in [-0.3, -0.25) is 4.79 Å². The molecule has 6 rings (SSSR count). The molecule has 1 atom stereocenters. The Morgan fingerprint density at radius 3 is 2.56 bits per heavy atom. The lowest BCUT2D eigenvalue weighted by Gasteiger charge is -2.40. The van der Waals surface area contributed by atoms with E-state index in [1.807, 2.05) is 54.3 Å². The first-order valence-corrected chi connectivity index (χ1v) is 10.2. The van der Waals surface area contributed by atoms with Gasteiger partial charge in [0.15, 0.2) is 11.6 Å². The van der Waals surface area contributed by atoms with Gasteiger partial charge in [0.1, 0.15) is 5.82 Å². The van der Waals surface area contributed by atoms with Crippen molar-refractivity contribution in [3.05, 3.63) is 95.6 Å². The van der Waals surface area contributed by atoms with Crippen molar-refractivity contribution >= 4 is 28.9 Å². The first-order valence-electron chi connectivity index (χ1n) is 10.2. The Morgan fingerprint density at radius 2 is 1.78 bits per heavy atom. The van der Waals surface area contributed by atoms with Gasteiger partial charge < -0.3 is 10.2 Å². The lowest BCUT2D eigenvalue weighted by Crippen LogP contribution is -2.48. The average Bonchev–Trinajstić information content (AvgIpc) is 3.15. The van der Waals surface area contributed by atoms with Crippen LogP contribution in [0, 0.1) is 12.7 Å². The molecule has 1 N–H and O–H groups in total. The zero-order chi connectivity index (χ0) is 21.8. The lowest BCUT2D eigenvalue weighted by atomic mass is 9.93. The zero-order valence-corrected chi connectivity index (χ0v) is 17.0. The van der Waals surface area contributed by atoms with Gasteiger partial charge in [-0.25, -0.2) is 14.4 Å². The summed E-state index contributed by atoms with van der Waals surface area (Å²) in [7, 11) is 0. The van der Waals surface area contributed by atoms with Gasteiger partial charge in [-0.1, -0.05) is 30.3 Å². The van der Waals surface area contributed by atoms with E-state index in [-0.39, 0.29) is 17.6 Å². The van der Waals surface area contributed by atoms with Gasteiger partial charge >= 0.3 is 0 Å². The number of hydrogen-bond acceptors (Lipinski definition) is 5. The summed E-state index contributed by atoms with van der Waals surface area (Å²) in [6.07, 6.45) is 1.68. The minimum atomic E-state index is -0.414. The number of fused-ring (bicyclic) bond motifs is 4. The number of nitrogens with zero attached hydrogens (tertiary/aromatic N) is 5. The number of rotatable bonds is 2. The molecule has 7 nitrogen and oxygen atoms in total. The molecule has 0 saturated heterocycles. The van der Waals surface area contributed by atoms with Gasteiger partial charge in [0, 0.05) is 11.8 Å². The van der Waals surface area contributed by atoms with Crippen molar-refractivity contribution in [2.45, 2.75) is 13.0 Å². The van der Waals surface area contributed by atoms with Gasteiger partial charge in [0.2, 0.25) is 5.84 Å². The Hall–Kier alpha value is -4.33. The Bertz CT molecular complexity index is 1390. The number of hydrogen-bond donors (Lipinski definition) is 1. The van der Waals surface area contributed by atoms with Crippen LogP contribution in [0.4, 0.5) is 21.6 Å². The van der Waals surface area contributed by atoms with E-state index in [1.165, 1.54) is 12.1 Å². The molecule has 8 heteroatoms. The van der Waals surface area contributed by atoms with Gasteiger partial charge in [0.25, 0.3) is 5.91 Å². The van der Waals surface area contributed by atoms with Crippen LogP contribution in [0.3, 0.4) is 0 Å². The second kappa shape index (κ2) is 6.84. The Labute approximate surface area is 182 Å². The highest BCUT2D eigenvalue weighted by Gasteiger charge is 2.42. The lowest BCUT2D eigenvalue weighted by molar-refractivity contribution is -0.110. The Morgan fingerprint density at radius 1 is 1.00 bits per heavy atom. The number of aryl methyl sites for hydroxylation is 1. The van der Waals surface area contributed by atoms with Crippen molar-refractivity contribution in [3.8, 4) is 5.82 Å². The fourth-order valence-corrected chi connectivity index (χ4v) is 4.34. The summed E-state index contributed by atoms with van der Waals surface area (Å²) in [4.78, 5) is 24.2. The SMILES string of the molecule is Cc1nn(-c2ccccn2)c2c1[C@@H](c1ccc(F)cc1)N1C(=N2)C(=O)Nc2ccccc21. The number of anilines is 2. The maximum atomic E-state index is 13.8. The van der Waals surface area contributed by atoms with Crippen molar-refractivity contribution in [1.29, 1.82) is 0 Å². The number of halogens is 1. The number of pyridine rings is 1. The highest BCUT2D eigenvalue weighted by molar-refractivity contribution is 6.50. The summed E-state index contributed by atoms with van der Waals surface area (Å²) < 4.78 is 15.4. The standard InChI is InChI=1S/C24H17FN6O/c1-14-20-21(15-9-11-16(25)12-10-15)30-18-7-3-2-6-17(18)27-24(32)23(30)28-22(20)31(29-14)19-8-4-5-13-26-19/h2-13,21H,1H3,(H,27,32)/t21-/m1/s1. The topological polar surface area (TPSA) is 75.4 Å². The Kier molecular flexibility index (Phi) is 3.94. The number of nitrogens with one attached hydrogen (secondary N) is 1. The first kappa shape index (κ1) is 18.4. The normalized spacial score (nSPS) is 16.6. The maximum Gasteiger partial charge on any atom is 0.291 e. The molecule has 2 aliphatic heterocycles. The molecule has 0 aliphatic carbocycles. The smallest absolute Gasteiger partial charge is 0.291 e. The van der Waals surface area contributed by atoms with Crippen molar-refractivity contribution in [2.75, 3.05) is 10.2 Å².